The molecule has 30 heavy (non-hydrogen) atoms. The Labute approximate surface area is 188 Å². The summed E-state index contributed by atoms with van der Waals surface area (Å²) in [5, 5.41) is 0. The van der Waals surface area contributed by atoms with Crippen LogP contribution in [0.3, 0.4) is 0 Å². The van der Waals surface area contributed by atoms with E-state index in [0.717, 1.165) is 31.4 Å². The molecule has 3 nitrogen and oxygen atoms in total. The molecule has 1 aromatic carbocycles. The molecular weight excluding hydrogens is 368 g/mol. The SMILES string of the molecule is CC.CC.CC.CCC(N)C(=C1CCC1)N(CC(C)=O)c1ccccc1C(C)CC. The number of anilines is 1. The largest absolute Gasteiger partial charge is 0.336 e. The fourth-order valence-electron chi connectivity index (χ4n) is 3.35. The number of carbonyl (C=O) groups is 1. The fourth-order valence-corrected chi connectivity index (χ4v) is 3.35. The van der Waals surface area contributed by atoms with Crippen LogP contribution in [0.5, 0.6) is 0 Å². The van der Waals surface area contributed by atoms with Crippen LogP contribution in [0.15, 0.2) is 35.5 Å². The second-order valence-electron chi connectivity index (χ2n) is 7.01. The molecule has 1 saturated carbocycles. The van der Waals surface area contributed by atoms with Gasteiger partial charge in [0.25, 0.3) is 0 Å². The van der Waals surface area contributed by atoms with Crippen molar-refractivity contribution in [1.29, 1.82) is 0 Å². The highest BCUT2D eigenvalue weighted by Crippen LogP contribution is 2.37. The minimum Gasteiger partial charge on any atom is -0.336 e. The Morgan fingerprint density at radius 1 is 1.00 bits per heavy atom. The van der Waals surface area contributed by atoms with Gasteiger partial charge in [0.2, 0.25) is 0 Å². The Morgan fingerprint density at radius 2 is 1.53 bits per heavy atom. The lowest BCUT2D eigenvalue weighted by molar-refractivity contribution is -0.115. The van der Waals surface area contributed by atoms with Crippen LogP contribution in [0.4, 0.5) is 5.69 Å². The second kappa shape index (κ2) is 18.2. The number of para-hydroxylation sites is 1. The van der Waals surface area contributed by atoms with Crippen LogP contribution in [0.25, 0.3) is 0 Å². The summed E-state index contributed by atoms with van der Waals surface area (Å²) >= 11 is 0. The number of hydrogen-bond acceptors (Lipinski definition) is 3. The lowest BCUT2D eigenvalue weighted by Gasteiger charge is -2.37. The molecule has 0 amide bonds. The first-order valence-corrected chi connectivity index (χ1v) is 12.3. The molecule has 174 valence electrons. The van der Waals surface area contributed by atoms with Crippen molar-refractivity contribution in [3.63, 3.8) is 0 Å². The normalized spacial score (nSPS) is 13.6. The average Bonchev–Trinajstić information content (AvgIpc) is 2.77. The van der Waals surface area contributed by atoms with Gasteiger partial charge in [-0.1, -0.05) is 80.5 Å². The van der Waals surface area contributed by atoms with Gasteiger partial charge in [-0.25, -0.2) is 0 Å². The predicted octanol–water partition coefficient (Wildman–Crippen LogP) is 7.85. The van der Waals surface area contributed by atoms with Gasteiger partial charge in [0, 0.05) is 17.4 Å². The maximum Gasteiger partial charge on any atom is 0.149 e. The zero-order valence-electron chi connectivity index (χ0n) is 21.6. The third kappa shape index (κ3) is 9.04. The first kappa shape index (κ1) is 30.6. The highest BCUT2D eigenvalue weighted by Gasteiger charge is 2.27. The quantitative estimate of drug-likeness (QED) is 0.467. The molecule has 1 aliphatic carbocycles. The molecule has 2 atom stereocenters. The van der Waals surface area contributed by atoms with Crippen molar-refractivity contribution in [1.82, 2.24) is 0 Å². The standard InChI is InChI=1S/C21H32N2O.3C2H6/c1-5-15(3)18-12-7-8-13-20(18)23(14-16(4)24)21(19(22)6-2)17-10-9-11-17;3*1-2/h7-8,12-13,15,19H,5-6,9-11,14,22H2,1-4H3;3*1-2H3. The molecule has 0 aliphatic heterocycles. The highest BCUT2D eigenvalue weighted by atomic mass is 16.1. The third-order valence-corrected chi connectivity index (χ3v) is 5.15. The van der Waals surface area contributed by atoms with Crippen LogP contribution >= 0.6 is 0 Å². The summed E-state index contributed by atoms with van der Waals surface area (Å²) in [4.78, 5) is 14.2. The molecule has 0 radical (unpaired) electrons. The molecule has 0 saturated heterocycles. The molecule has 1 aromatic rings. The lowest BCUT2D eigenvalue weighted by Crippen LogP contribution is -2.40. The Balaban J connectivity index is 0. The minimum absolute atomic E-state index is 0.00959. The van der Waals surface area contributed by atoms with Crippen LogP contribution in [-0.2, 0) is 4.79 Å². The number of Topliss-reactive ketones (excluding diaryl/α,β-unsaturated/α-hetero) is 1. The van der Waals surface area contributed by atoms with Crippen LogP contribution in [0.2, 0.25) is 0 Å². The summed E-state index contributed by atoms with van der Waals surface area (Å²) in [6.07, 6.45) is 5.43. The van der Waals surface area contributed by atoms with Crippen LogP contribution in [-0.4, -0.2) is 18.4 Å². The number of ketones is 1. The molecule has 1 fully saturated rings. The van der Waals surface area contributed by atoms with E-state index in [1.54, 1.807) is 6.92 Å². The van der Waals surface area contributed by atoms with Gasteiger partial charge in [0.05, 0.1) is 6.54 Å². The molecule has 1 aliphatic rings. The molecule has 3 heteroatoms. The van der Waals surface area contributed by atoms with Crippen LogP contribution in [0.1, 0.15) is 113 Å². The van der Waals surface area contributed by atoms with E-state index in [1.165, 1.54) is 23.3 Å². The van der Waals surface area contributed by atoms with Gasteiger partial charge in [0.1, 0.15) is 5.78 Å². The third-order valence-electron chi connectivity index (χ3n) is 5.15. The number of rotatable bonds is 8. The first-order valence-electron chi connectivity index (χ1n) is 12.3. The van der Waals surface area contributed by atoms with E-state index in [0.29, 0.717) is 12.5 Å². The van der Waals surface area contributed by atoms with Gasteiger partial charge in [0.15, 0.2) is 0 Å². The number of nitrogens with zero attached hydrogens (tertiary/aromatic N) is 1. The molecule has 0 heterocycles. The van der Waals surface area contributed by atoms with Crippen molar-refractivity contribution in [2.24, 2.45) is 5.73 Å². The molecule has 2 rings (SSSR count). The first-order chi connectivity index (χ1) is 14.5. The van der Waals surface area contributed by atoms with E-state index < -0.39 is 0 Å². The minimum atomic E-state index is -0.00959. The van der Waals surface area contributed by atoms with Gasteiger partial charge in [-0.05, 0) is 62.1 Å². The number of benzene rings is 1. The Morgan fingerprint density at radius 3 is 1.93 bits per heavy atom. The summed E-state index contributed by atoms with van der Waals surface area (Å²) in [6, 6.07) is 8.48. The van der Waals surface area contributed by atoms with E-state index >= 15 is 0 Å². The molecule has 2 unspecified atom stereocenters. The maximum atomic E-state index is 12.0. The number of carbonyl (C=O) groups excluding carboxylic acids is 1. The predicted molar refractivity (Wildman–Crippen MR) is 136 cm³/mol. The Hall–Kier alpha value is -1.61. The van der Waals surface area contributed by atoms with E-state index in [4.69, 9.17) is 5.73 Å². The monoisotopic (exact) mass is 418 g/mol. The van der Waals surface area contributed by atoms with E-state index in [-0.39, 0.29) is 11.8 Å². The van der Waals surface area contributed by atoms with Crippen molar-refractivity contribution in [2.45, 2.75) is 113 Å². The van der Waals surface area contributed by atoms with Gasteiger partial charge >= 0.3 is 0 Å². The summed E-state index contributed by atoms with van der Waals surface area (Å²) in [5.41, 5.74) is 11.6. The summed E-state index contributed by atoms with van der Waals surface area (Å²) in [7, 11) is 0. The molecule has 0 spiro atoms. The smallest absolute Gasteiger partial charge is 0.149 e. The van der Waals surface area contributed by atoms with Crippen LogP contribution < -0.4 is 10.6 Å². The lowest BCUT2D eigenvalue weighted by atomic mass is 9.86. The van der Waals surface area contributed by atoms with Crippen molar-refractivity contribution < 1.29 is 4.79 Å². The molecule has 2 N–H and O–H groups in total. The maximum absolute atomic E-state index is 12.0. The summed E-state index contributed by atoms with van der Waals surface area (Å²) in [5.74, 6) is 0.635. The Kier molecular flexibility index (Phi) is 18.5. The van der Waals surface area contributed by atoms with Crippen LogP contribution in [0, 0.1) is 0 Å². The molecule has 0 bridgehead atoms. The summed E-state index contributed by atoms with van der Waals surface area (Å²) in [6.45, 7) is 20.6. The van der Waals surface area contributed by atoms with Crippen molar-refractivity contribution in [3.05, 3.63) is 41.1 Å². The number of hydrogen-bond donors (Lipinski definition) is 1. The topological polar surface area (TPSA) is 46.3 Å². The molecular formula is C27H50N2O. The van der Waals surface area contributed by atoms with E-state index in [2.05, 4.69) is 49.9 Å². The van der Waals surface area contributed by atoms with Gasteiger partial charge < -0.3 is 10.6 Å². The van der Waals surface area contributed by atoms with Gasteiger partial charge in [-0.3, -0.25) is 4.79 Å². The fraction of sp³-hybridized carbons (Fsp3) is 0.667. The second-order valence-corrected chi connectivity index (χ2v) is 7.01. The number of nitrogens with two attached hydrogens (primary N) is 1. The van der Waals surface area contributed by atoms with Gasteiger partial charge in [-0.15, -0.1) is 0 Å². The van der Waals surface area contributed by atoms with Crippen molar-refractivity contribution >= 4 is 11.5 Å². The Bertz CT molecular complexity index is 601. The zero-order valence-corrected chi connectivity index (χ0v) is 21.6. The highest BCUT2D eigenvalue weighted by molar-refractivity contribution is 5.83. The average molecular weight is 419 g/mol. The summed E-state index contributed by atoms with van der Waals surface area (Å²) < 4.78 is 0. The van der Waals surface area contributed by atoms with Gasteiger partial charge in [-0.2, -0.15) is 0 Å². The van der Waals surface area contributed by atoms with Crippen molar-refractivity contribution in [3.8, 4) is 0 Å². The van der Waals surface area contributed by atoms with Crippen molar-refractivity contribution in [2.75, 3.05) is 11.4 Å². The number of allylic oxidation sites excluding steroid dienone is 1. The van der Waals surface area contributed by atoms with E-state index in [9.17, 15) is 4.79 Å². The molecule has 0 aromatic heterocycles. The zero-order chi connectivity index (χ0) is 23.7. The van der Waals surface area contributed by atoms with E-state index in [1.807, 2.05) is 41.5 Å².